The molecule has 128 valence electrons. The van der Waals surface area contributed by atoms with E-state index in [1.807, 2.05) is 17.0 Å². The summed E-state index contributed by atoms with van der Waals surface area (Å²) in [6.45, 7) is 5.89. The highest BCUT2D eigenvalue weighted by atomic mass is 16.3. The van der Waals surface area contributed by atoms with E-state index >= 15 is 0 Å². The van der Waals surface area contributed by atoms with E-state index < -0.39 is 0 Å². The number of piperazine rings is 1. The Hall–Kier alpha value is -1.62. The van der Waals surface area contributed by atoms with Gasteiger partial charge in [0.2, 0.25) is 5.91 Å². The number of nitrogens with zero attached hydrogens (tertiary/aromatic N) is 2. The molecule has 0 atom stereocenters. The summed E-state index contributed by atoms with van der Waals surface area (Å²) in [5.74, 6) is 1.51. The van der Waals surface area contributed by atoms with Gasteiger partial charge < -0.3 is 14.1 Å². The van der Waals surface area contributed by atoms with Crippen molar-refractivity contribution >= 4 is 11.7 Å². The largest absolute Gasteiger partial charge is 0.468 e. The first-order chi connectivity index (χ1) is 11.1. The van der Waals surface area contributed by atoms with E-state index in [9.17, 15) is 9.59 Å². The number of carbonyl (C=O) groups excluding carboxylic acids is 2. The van der Waals surface area contributed by atoms with Gasteiger partial charge in [0.1, 0.15) is 11.5 Å². The fraction of sp³-hybridized carbons (Fsp3) is 0.667. The number of carbonyl (C=O) groups is 2. The number of amides is 1. The van der Waals surface area contributed by atoms with E-state index in [-0.39, 0.29) is 11.7 Å². The SMILES string of the molecule is CC(=O)CCCCCCC(=O)N1CCN(Cc2ccco2)CC1. The summed E-state index contributed by atoms with van der Waals surface area (Å²) < 4.78 is 5.37. The van der Waals surface area contributed by atoms with E-state index in [4.69, 9.17) is 4.42 Å². The van der Waals surface area contributed by atoms with E-state index in [0.717, 1.165) is 64.2 Å². The van der Waals surface area contributed by atoms with Gasteiger partial charge in [-0.2, -0.15) is 0 Å². The molecule has 1 amide bonds. The van der Waals surface area contributed by atoms with Crippen molar-refractivity contribution in [1.82, 2.24) is 9.80 Å². The molecule has 1 aliphatic rings. The first-order valence-corrected chi connectivity index (χ1v) is 8.67. The molecule has 5 nitrogen and oxygen atoms in total. The molecule has 23 heavy (non-hydrogen) atoms. The Bertz CT molecular complexity index is 476. The maximum atomic E-state index is 12.2. The molecular formula is C18H28N2O3. The third kappa shape index (κ3) is 6.57. The molecule has 1 aromatic rings. The second-order valence-corrected chi connectivity index (χ2v) is 6.35. The number of unbranched alkanes of at least 4 members (excludes halogenated alkanes) is 3. The molecule has 2 heterocycles. The van der Waals surface area contributed by atoms with Gasteiger partial charge in [0.25, 0.3) is 0 Å². The van der Waals surface area contributed by atoms with Crippen molar-refractivity contribution in [3.63, 3.8) is 0 Å². The van der Waals surface area contributed by atoms with Gasteiger partial charge in [-0.3, -0.25) is 9.69 Å². The summed E-state index contributed by atoms with van der Waals surface area (Å²) in [5, 5.41) is 0. The zero-order chi connectivity index (χ0) is 16.5. The van der Waals surface area contributed by atoms with Gasteiger partial charge in [-0.15, -0.1) is 0 Å². The number of hydrogen-bond donors (Lipinski definition) is 0. The molecule has 0 bridgehead atoms. The van der Waals surface area contributed by atoms with Crippen LogP contribution in [-0.4, -0.2) is 47.7 Å². The molecule has 0 unspecified atom stereocenters. The number of ketones is 1. The molecule has 0 saturated carbocycles. The van der Waals surface area contributed by atoms with E-state index in [1.54, 1.807) is 13.2 Å². The van der Waals surface area contributed by atoms with Crippen LogP contribution in [0.5, 0.6) is 0 Å². The highest BCUT2D eigenvalue weighted by molar-refractivity contribution is 5.76. The third-order valence-electron chi connectivity index (χ3n) is 4.35. The predicted octanol–water partition coefficient (Wildman–Crippen LogP) is 2.85. The maximum absolute atomic E-state index is 12.2. The van der Waals surface area contributed by atoms with Crippen LogP contribution in [0.2, 0.25) is 0 Å². The van der Waals surface area contributed by atoms with Crippen LogP contribution in [0.3, 0.4) is 0 Å². The van der Waals surface area contributed by atoms with Crippen molar-refractivity contribution in [2.24, 2.45) is 0 Å². The van der Waals surface area contributed by atoms with Gasteiger partial charge in [0.05, 0.1) is 12.8 Å². The monoisotopic (exact) mass is 320 g/mol. The number of rotatable bonds is 9. The smallest absolute Gasteiger partial charge is 0.222 e. The fourth-order valence-electron chi connectivity index (χ4n) is 2.94. The lowest BCUT2D eigenvalue weighted by molar-refractivity contribution is -0.133. The van der Waals surface area contributed by atoms with Crippen LogP contribution in [0.1, 0.15) is 51.2 Å². The van der Waals surface area contributed by atoms with Gasteiger partial charge >= 0.3 is 0 Å². The Morgan fingerprint density at radius 3 is 2.35 bits per heavy atom. The molecule has 2 rings (SSSR count). The minimum atomic E-state index is 0.258. The van der Waals surface area contributed by atoms with Crippen LogP contribution < -0.4 is 0 Å². The van der Waals surface area contributed by atoms with Gasteiger partial charge in [-0.05, 0) is 31.9 Å². The average Bonchev–Trinajstić information content (AvgIpc) is 3.04. The summed E-state index contributed by atoms with van der Waals surface area (Å²) in [7, 11) is 0. The van der Waals surface area contributed by atoms with Crippen molar-refractivity contribution < 1.29 is 14.0 Å². The minimum absolute atomic E-state index is 0.258. The average molecular weight is 320 g/mol. The second kappa shape index (κ2) is 9.50. The molecule has 1 fully saturated rings. The maximum Gasteiger partial charge on any atom is 0.222 e. The summed E-state index contributed by atoms with van der Waals surface area (Å²) in [5.41, 5.74) is 0. The molecule has 1 aromatic heterocycles. The van der Waals surface area contributed by atoms with Gasteiger partial charge in [-0.25, -0.2) is 0 Å². The van der Waals surface area contributed by atoms with Crippen molar-refractivity contribution in [3.05, 3.63) is 24.2 Å². The molecular weight excluding hydrogens is 292 g/mol. The summed E-state index contributed by atoms with van der Waals surface area (Å²) >= 11 is 0. The summed E-state index contributed by atoms with van der Waals surface area (Å²) in [6.07, 6.45) is 6.98. The molecule has 1 aliphatic heterocycles. The normalized spacial score (nSPS) is 15.8. The molecule has 0 aromatic carbocycles. The van der Waals surface area contributed by atoms with Crippen molar-refractivity contribution in [2.75, 3.05) is 26.2 Å². The van der Waals surface area contributed by atoms with Crippen molar-refractivity contribution in [3.8, 4) is 0 Å². The van der Waals surface area contributed by atoms with E-state index in [0.29, 0.717) is 12.8 Å². The lowest BCUT2D eigenvalue weighted by Gasteiger charge is -2.34. The van der Waals surface area contributed by atoms with Crippen LogP contribution in [0.25, 0.3) is 0 Å². The Balaban J connectivity index is 1.55. The first kappa shape index (κ1) is 17.7. The van der Waals surface area contributed by atoms with Crippen molar-refractivity contribution in [2.45, 2.75) is 52.0 Å². The molecule has 1 saturated heterocycles. The highest BCUT2D eigenvalue weighted by Gasteiger charge is 2.21. The Kier molecular flexibility index (Phi) is 7.33. The Morgan fingerprint density at radius 1 is 1.04 bits per heavy atom. The third-order valence-corrected chi connectivity index (χ3v) is 4.35. The fourth-order valence-corrected chi connectivity index (χ4v) is 2.94. The van der Waals surface area contributed by atoms with Crippen LogP contribution in [0.15, 0.2) is 22.8 Å². The molecule has 0 spiro atoms. The van der Waals surface area contributed by atoms with Crippen LogP contribution in [-0.2, 0) is 16.1 Å². The van der Waals surface area contributed by atoms with Crippen LogP contribution in [0, 0.1) is 0 Å². The molecule has 0 radical (unpaired) electrons. The van der Waals surface area contributed by atoms with Gasteiger partial charge in [-0.1, -0.05) is 12.8 Å². The molecule has 0 aliphatic carbocycles. The van der Waals surface area contributed by atoms with E-state index in [1.165, 1.54) is 0 Å². The highest BCUT2D eigenvalue weighted by Crippen LogP contribution is 2.12. The quantitative estimate of drug-likeness (QED) is 0.657. The van der Waals surface area contributed by atoms with Crippen LogP contribution in [0.4, 0.5) is 0 Å². The van der Waals surface area contributed by atoms with Crippen LogP contribution >= 0.6 is 0 Å². The zero-order valence-corrected chi connectivity index (χ0v) is 14.1. The first-order valence-electron chi connectivity index (χ1n) is 8.67. The van der Waals surface area contributed by atoms with Gasteiger partial charge in [0.15, 0.2) is 0 Å². The Labute approximate surface area is 138 Å². The van der Waals surface area contributed by atoms with Crippen molar-refractivity contribution in [1.29, 1.82) is 0 Å². The lowest BCUT2D eigenvalue weighted by atomic mass is 10.1. The predicted molar refractivity (Wildman–Crippen MR) is 88.9 cm³/mol. The number of Topliss-reactive ketones (excluding diaryl/α,β-unsaturated/α-hetero) is 1. The minimum Gasteiger partial charge on any atom is -0.468 e. The summed E-state index contributed by atoms with van der Waals surface area (Å²) in [4.78, 5) is 27.3. The molecule has 0 N–H and O–H groups in total. The number of hydrogen-bond acceptors (Lipinski definition) is 4. The van der Waals surface area contributed by atoms with E-state index in [2.05, 4.69) is 4.90 Å². The standard InChI is InChI=1S/C18H28N2O3/c1-16(21)7-4-2-3-5-9-18(22)20-12-10-19(11-13-20)15-17-8-6-14-23-17/h6,8,14H,2-5,7,9-13,15H2,1H3. The lowest BCUT2D eigenvalue weighted by Crippen LogP contribution is -2.48. The Morgan fingerprint density at radius 2 is 1.74 bits per heavy atom. The number of furan rings is 1. The topological polar surface area (TPSA) is 53.8 Å². The zero-order valence-electron chi connectivity index (χ0n) is 14.1. The summed E-state index contributed by atoms with van der Waals surface area (Å²) in [6, 6.07) is 3.90. The molecule has 5 heteroatoms. The van der Waals surface area contributed by atoms with Gasteiger partial charge in [0, 0.05) is 39.0 Å². The second-order valence-electron chi connectivity index (χ2n) is 6.35.